The molecule has 0 aliphatic heterocycles. The summed E-state index contributed by atoms with van der Waals surface area (Å²) in [5.74, 6) is 0.262. The van der Waals surface area contributed by atoms with Crippen LogP contribution >= 0.6 is 35.4 Å². The maximum absolute atomic E-state index is 11.8. The molecule has 0 aliphatic rings. The normalized spacial score (nSPS) is 10.8. The van der Waals surface area contributed by atoms with Gasteiger partial charge in [0.2, 0.25) is 11.8 Å². The Labute approximate surface area is 172 Å². The van der Waals surface area contributed by atoms with E-state index in [1.54, 1.807) is 36.4 Å². The first kappa shape index (κ1) is 19.6. The summed E-state index contributed by atoms with van der Waals surface area (Å²) < 4.78 is 5.77. The van der Waals surface area contributed by atoms with E-state index in [4.69, 9.17) is 39.8 Å². The average molecular weight is 422 g/mol. The Bertz CT molecular complexity index is 1000. The van der Waals surface area contributed by atoms with Gasteiger partial charge in [-0.05, 0) is 55.0 Å². The number of hydrogen-bond acceptors (Lipinski definition) is 4. The molecule has 1 aromatic heterocycles. The lowest BCUT2D eigenvalue weighted by Gasteiger charge is -2.10. The minimum absolute atomic E-state index is 0.112. The Morgan fingerprint density at radius 1 is 1.22 bits per heavy atom. The number of benzene rings is 2. The third kappa shape index (κ3) is 4.97. The van der Waals surface area contributed by atoms with Crippen LogP contribution in [0.5, 0.6) is 0 Å². The molecule has 0 radical (unpaired) electrons. The number of carbonyl (C=O) groups excluding carboxylic acids is 1. The zero-order valence-electron chi connectivity index (χ0n) is 14.5. The zero-order valence-corrected chi connectivity index (χ0v) is 16.8. The number of oxazole rings is 1. The number of nitrogens with zero attached hydrogens (tertiary/aromatic N) is 1. The van der Waals surface area contributed by atoms with Gasteiger partial charge in [0.25, 0.3) is 0 Å². The van der Waals surface area contributed by atoms with Gasteiger partial charge in [-0.25, -0.2) is 4.98 Å². The van der Waals surface area contributed by atoms with Gasteiger partial charge in [0.15, 0.2) is 10.7 Å². The number of fused-ring (bicyclic) bond motifs is 1. The summed E-state index contributed by atoms with van der Waals surface area (Å²) in [6, 6.07) is 10.4. The first-order valence-corrected chi connectivity index (χ1v) is 9.59. The lowest BCUT2D eigenvalue weighted by molar-refractivity contribution is -0.119. The molecule has 0 unspecified atom stereocenters. The number of amides is 1. The van der Waals surface area contributed by atoms with E-state index < -0.39 is 0 Å². The number of unbranched alkanes of at least 4 members (excludes halogenated alkanes) is 1. The van der Waals surface area contributed by atoms with Crippen molar-refractivity contribution in [2.75, 3.05) is 5.32 Å². The quantitative estimate of drug-likeness (QED) is 0.509. The number of nitrogens with one attached hydrogen (secondary N) is 2. The van der Waals surface area contributed by atoms with Gasteiger partial charge in [-0.15, -0.1) is 0 Å². The van der Waals surface area contributed by atoms with Crippen LogP contribution in [0.4, 0.5) is 5.69 Å². The predicted octanol–water partition coefficient (Wildman–Crippen LogP) is 5.80. The second-order valence-electron chi connectivity index (χ2n) is 5.93. The van der Waals surface area contributed by atoms with Crippen molar-refractivity contribution in [3.05, 3.63) is 46.4 Å². The van der Waals surface area contributed by atoms with E-state index in [-0.39, 0.29) is 11.0 Å². The fraction of sp³-hybridized carbons (Fsp3) is 0.211. The third-order valence-electron chi connectivity index (χ3n) is 3.81. The van der Waals surface area contributed by atoms with Crippen molar-refractivity contribution in [2.45, 2.75) is 26.2 Å². The fourth-order valence-electron chi connectivity index (χ4n) is 2.47. The number of rotatable bonds is 5. The smallest absolute Gasteiger partial charge is 0.228 e. The van der Waals surface area contributed by atoms with Crippen LogP contribution in [-0.4, -0.2) is 16.0 Å². The van der Waals surface area contributed by atoms with Crippen LogP contribution in [0.1, 0.15) is 26.2 Å². The van der Waals surface area contributed by atoms with Gasteiger partial charge in [-0.1, -0.05) is 36.5 Å². The number of halogens is 2. The van der Waals surface area contributed by atoms with Crippen molar-refractivity contribution in [3.8, 4) is 11.5 Å². The lowest BCUT2D eigenvalue weighted by Crippen LogP contribution is -2.33. The maximum Gasteiger partial charge on any atom is 0.228 e. The van der Waals surface area contributed by atoms with Gasteiger partial charge >= 0.3 is 0 Å². The van der Waals surface area contributed by atoms with E-state index in [9.17, 15) is 4.79 Å². The number of thiocarbonyl (C=S) groups is 1. The monoisotopic (exact) mass is 421 g/mol. The molecule has 0 bridgehead atoms. The molecular formula is C19H17Cl2N3O2S. The summed E-state index contributed by atoms with van der Waals surface area (Å²) in [5, 5.41) is 6.93. The molecule has 0 atom stereocenters. The van der Waals surface area contributed by atoms with E-state index in [0.717, 1.165) is 12.8 Å². The third-order valence-corrected chi connectivity index (χ3v) is 4.58. The topological polar surface area (TPSA) is 67.2 Å². The molecular weight excluding hydrogens is 405 g/mol. The molecule has 2 aromatic carbocycles. The molecule has 0 spiro atoms. The van der Waals surface area contributed by atoms with Gasteiger partial charge in [-0.3, -0.25) is 4.79 Å². The van der Waals surface area contributed by atoms with E-state index in [1.807, 2.05) is 6.92 Å². The summed E-state index contributed by atoms with van der Waals surface area (Å²) in [7, 11) is 0. The Hall–Kier alpha value is -2.15. The van der Waals surface area contributed by atoms with Crippen LogP contribution in [0.15, 0.2) is 40.8 Å². The van der Waals surface area contributed by atoms with Crippen LogP contribution in [-0.2, 0) is 4.79 Å². The summed E-state index contributed by atoms with van der Waals surface area (Å²) >= 11 is 17.5. The van der Waals surface area contributed by atoms with Gasteiger partial charge < -0.3 is 15.1 Å². The Kier molecular flexibility index (Phi) is 6.31. The molecule has 140 valence electrons. The number of aromatic nitrogens is 1. The van der Waals surface area contributed by atoms with Crippen molar-refractivity contribution in [2.24, 2.45) is 0 Å². The molecule has 0 fully saturated rings. The van der Waals surface area contributed by atoms with Gasteiger partial charge in [0.05, 0.1) is 10.6 Å². The molecule has 2 N–H and O–H groups in total. The fourth-order valence-corrected chi connectivity index (χ4v) is 3.07. The molecule has 27 heavy (non-hydrogen) atoms. The van der Waals surface area contributed by atoms with Crippen molar-refractivity contribution in [1.82, 2.24) is 10.3 Å². The van der Waals surface area contributed by atoms with E-state index in [0.29, 0.717) is 44.7 Å². The molecule has 0 saturated carbocycles. The van der Waals surface area contributed by atoms with Crippen molar-refractivity contribution in [1.29, 1.82) is 0 Å². The highest BCUT2D eigenvalue weighted by Crippen LogP contribution is 2.32. The van der Waals surface area contributed by atoms with Crippen LogP contribution in [0, 0.1) is 0 Å². The summed E-state index contributed by atoms with van der Waals surface area (Å²) in [5.41, 5.74) is 2.53. The van der Waals surface area contributed by atoms with Crippen LogP contribution in [0.2, 0.25) is 10.0 Å². The Morgan fingerprint density at radius 3 is 2.81 bits per heavy atom. The lowest BCUT2D eigenvalue weighted by atomic mass is 10.2. The highest BCUT2D eigenvalue weighted by Gasteiger charge is 2.14. The van der Waals surface area contributed by atoms with Crippen molar-refractivity contribution < 1.29 is 9.21 Å². The standard InChI is InChI=1S/C19H17Cl2N3O2S/c1-2-3-4-17(25)24-19(27)22-12-6-7-14(21)13(10-12)18-23-15-9-11(20)5-8-16(15)26-18/h5-10H,2-4H2,1H3,(H2,22,24,25,27). The Morgan fingerprint density at radius 2 is 2.04 bits per heavy atom. The molecule has 3 rings (SSSR count). The SMILES string of the molecule is CCCCC(=O)NC(=S)Nc1ccc(Cl)c(-c2nc3cc(Cl)ccc3o2)c1. The molecule has 0 saturated heterocycles. The van der Waals surface area contributed by atoms with Gasteiger partial charge in [0.1, 0.15) is 5.52 Å². The number of carbonyl (C=O) groups is 1. The first-order valence-electron chi connectivity index (χ1n) is 8.43. The Balaban J connectivity index is 1.79. The first-order chi connectivity index (χ1) is 13.0. The molecule has 8 heteroatoms. The molecule has 5 nitrogen and oxygen atoms in total. The number of hydrogen-bond donors (Lipinski definition) is 2. The second-order valence-corrected chi connectivity index (χ2v) is 7.18. The van der Waals surface area contributed by atoms with Crippen LogP contribution in [0.3, 0.4) is 0 Å². The molecule has 1 amide bonds. The zero-order chi connectivity index (χ0) is 19.4. The highest BCUT2D eigenvalue weighted by molar-refractivity contribution is 7.80. The second kappa shape index (κ2) is 8.69. The summed E-state index contributed by atoms with van der Waals surface area (Å²) in [6.07, 6.45) is 2.21. The highest BCUT2D eigenvalue weighted by atomic mass is 35.5. The van der Waals surface area contributed by atoms with Crippen molar-refractivity contribution >= 4 is 63.2 Å². The minimum atomic E-state index is -0.112. The van der Waals surface area contributed by atoms with Gasteiger partial charge in [0, 0.05) is 17.1 Å². The summed E-state index contributed by atoms with van der Waals surface area (Å²) in [6.45, 7) is 2.03. The predicted molar refractivity (Wildman–Crippen MR) is 113 cm³/mol. The van der Waals surface area contributed by atoms with Crippen LogP contribution in [0.25, 0.3) is 22.6 Å². The number of anilines is 1. The minimum Gasteiger partial charge on any atom is -0.436 e. The van der Waals surface area contributed by atoms with Crippen molar-refractivity contribution in [3.63, 3.8) is 0 Å². The molecule has 0 aliphatic carbocycles. The van der Waals surface area contributed by atoms with E-state index in [2.05, 4.69) is 15.6 Å². The summed E-state index contributed by atoms with van der Waals surface area (Å²) in [4.78, 5) is 16.2. The largest absolute Gasteiger partial charge is 0.436 e. The van der Waals surface area contributed by atoms with Gasteiger partial charge in [-0.2, -0.15) is 0 Å². The molecule has 1 heterocycles. The average Bonchev–Trinajstić information content (AvgIpc) is 3.04. The molecule has 3 aromatic rings. The van der Waals surface area contributed by atoms with E-state index >= 15 is 0 Å². The maximum atomic E-state index is 11.8. The van der Waals surface area contributed by atoms with Crippen LogP contribution < -0.4 is 10.6 Å². The van der Waals surface area contributed by atoms with E-state index in [1.165, 1.54) is 0 Å².